The summed E-state index contributed by atoms with van der Waals surface area (Å²) >= 11 is 0. The maximum atomic E-state index is 12.0. The number of hydrogen-bond acceptors (Lipinski definition) is 4. The summed E-state index contributed by atoms with van der Waals surface area (Å²) in [5.41, 5.74) is 1.92. The van der Waals surface area contributed by atoms with E-state index in [1.54, 1.807) is 7.11 Å². The molecule has 3 rings (SSSR count). The molecule has 5 heteroatoms. The molecule has 1 aliphatic rings. The molecule has 0 radical (unpaired) electrons. The van der Waals surface area contributed by atoms with Crippen molar-refractivity contribution in [1.29, 1.82) is 0 Å². The fourth-order valence-electron chi connectivity index (χ4n) is 4.09. The van der Waals surface area contributed by atoms with Crippen LogP contribution in [0.1, 0.15) is 37.7 Å². The Labute approximate surface area is 160 Å². The van der Waals surface area contributed by atoms with Crippen LogP contribution in [0.3, 0.4) is 0 Å². The highest BCUT2D eigenvalue weighted by molar-refractivity contribution is 5.47. The molecule has 0 amide bonds. The van der Waals surface area contributed by atoms with Crippen molar-refractivity contribution in [1.82, 2.24) is 0 Å². The second-order valence-corrected chi connectivity index (χ2v) is 7.34. The monoisotopic (exact) mass is 368 g/mol. The van der Waals surface area contributed by atoms with E-state index in [0.29, 0.717) is 12.3 Å². The molecule has 0 saturated heterocycles. The molecule has 1 aliphatic carbocycles. The molecule has 2 aromatic carbocycles. The normalized spacial score (nSPS) is 17.1. The van der Waals surface area contributed by atoms with E-state index in [0.717, 1.165) is 42.7 Å². The third kappa shape index (κ3) is 5.22. The summed E-state index contributed by atoms with van der Waals surface area (Å²) in [7, 11) is 1.63. The van der Waals surface area contributed by atoms with E-state index in [2.05, 4.69) is 5.32 Å². The van der Waals surface area contributed by atoms with Crippen molar-refractivity contribution in [2.45, 2.75) is 50.6 Å². The highest BCUT2D eigenvalue weighted by atomic mass is 16.6. The summed E-state index contributed by atoms with van der Waals surface area (Å²) in [6, 6.07) is 16.6. The number of nitrogens with zero attached hydrogens (tertiary/aromatic N) is 1. The van der Waals surface area contributed by atoms with Gasteiger partial charge in [0, 0.05) is 17.0 Å². The molecular formula is C22H28N2O3. The number of benzene rings is 2. The average molecular weight is 368 g/mol. The Balaban J connectivity index is 1.84. The van der Waals surface area contributed by atoms with Gasteiger partial charge in [0.1, 0.15) is 5.75 Å². The van der Waals surface area contributed by atoms with E-state index >= 15 is 0 Å². The Morgan fingerprint density at radius 1 is 1.07 bits per heavy atom. The minimum absolute atomic E-state index is 0.0944. The van der Waals surface area contributed by atoms with Crippen LogP contribution in [0.4, 0.5) is 5.69 Å². The van der Waals surface area contributed by atoms with Crippen molar-refractivity contribution in [3.05, 3.63) is 70.3 Å². The Morgan fingerprint density at radius 3 is 2.33 bits per heavy atom. The lowest BCUT2D eigenvalue weighted by Crippen LogP contribution is -2.46. The number of anilines is 1. The maximum Gasteiger partial charge on any atom is 0.237 e. The summed E-state index contributed by atoms with van der Waals surface area (Å²) in [4.78, 5) is 11.9. The van der Waals surface area contributed by atoms with Crippen LogP contribution in [0, 0.1) is 16.0 Å². The summed E-state index contributed by atoms with van der Waals surface area (Å²) < 4.78 is 5.22. The first kappa shape index (κ1) is 19.2. The molecule has 1 fully saturated rings. The second kappa shape index (κ2) is 9.40. The van der Waals surface area contributed by atoms with Gasteiger partial charge in [0.25, 0.3) is 0 Å². The molecule has 1 N–H and O–H groups in total. The van der Waals surface area contributed by atoms with Crippen molar-refractivity contribution < 1.29 is 9.66 Å². The smallest absolute Gasteiger partial charge is 0.237 e. The van der Waals surface area contributed by atoms with Crippen LogP contribution in [0.2, 0.25) is 0 Å². The van der Waals surface area contributed by atoms with Crippen molar-refractivity contribution in [2.75, 3.05) is 12.4 Å². The van der Waals surface area contributed by atoms with Crippen LogP contribution < -0.4 is 10.1 Å². The lowest BCUT2D eigenvalue weighted by atomic mass is 9.79. The van der Waals surface area contributed by atoms with Gasteiger partial charge in [-0.05, 0) is 48.6 Å². The topological polar surface area (TPSA) is 64.4 Å². The number of rotatable bonds is 8. The highest BCUT2D eigenvalue weighted by Crippen LogP contribution is 2.32. The van der Waals surface area contributed by atoms with Crippen LogP contribution in [-0.2, 0) is 6.42 Å². The zero-order valence-electron chi connectivity index (χ0n) is 15.8. The Hall–Kier alpha value is -2.56. The number of hydrogen-bond donors (Lipinski definition) is 1. The Morgan fingerprint density at radius 2 is 1.74 bits per heavy atom. The van der Waals surface area contributed by atoms with Gasteiger partial charge in [0.05, 0.1) is 13.2 Å². The summed E-state index contributed by atoms with van der Waals surface area (Å²) in [6.07, 6.45) is 6.08. The summed E-state index contributed by atoms with van der Waals surface area (Å²) in [6.45, 7) is 0. The minimum Gasteiger partial charge on any atom is -0.497 e. The lowest BCUT2D eigenvalue weighted by molar-refractivity contribution is -0.526. The molecule has 2 aromatic rings. The quantitative estimate of drug-likeness (QED) is 0.529. The molecule has 0 unspecified atom stereocenters. The molecule has 0 aromatic heterocycles. The molecule has 5 nitrogen and oxygen atoms in total. The fourth-order valence-corrected chi connectivity index (χ4v) is 4.09. The molecule has 0 bridgehead atoms. The summed E-state index contributed by atoms with van der Waals surface area (Å²) in [5, 5.41) is 15.5. The molecule has 1 saturated carbocycles. The number of methoxy groups -OCH3 is 1. The van der Waals surface area contributed by atoms with Crippen molar-refractivity contribution >= 4 is 5.69 Å². The summed E-state index contributed by atoms with van der Waals surface area (Å²) in [5.74, 6) is 1.10. The van der Waals surface area contributed by atoms with E-state index in [-0.39, 0.29) is 11.0 Å². The van der Waals surface area contributed by atoms with Crippen molar-refractivity contribution in [3.8, 4) is 5.75 Å². The molecule has 0 spiro atoms. The van der Waals surface area contributed by atoms with Crippen LogP contribution in [0.25, 0.3) is 0 Å². The molecule has 144 valence electrons. The van der Waals surface area contributed by atoms with E-state index in [4.69, 9.17) is 4.74 Å². The van der Waals surface area contributed by atoms with E-state index in [1.165, 1.54) is 6.42 Å². The minimum atomic E-state index is -0.655. The largest absolute Gasteiger partial charge is 0.497 e. The fraction of sp³-hybridized carbons (Fsp3) is 0.455. The third-order valence-electron chi connectivity index (χ3n) is 5.55. The van der Waals surface area contributed by atoms with Gasteiger partial charge in [-0.3, -0.25) is 10.1 Å². The van der Waals surface area contributed by atoms with E-state index in [9.17, 15) is 10.1 Å². The van der Waals surface area contributed by atoms with Crippen molar-refractivity contribution in [2.24, 2.45) is 5.92 Å². The molecular weight excluding hydrogens is 340 g/mol. The SMILES string of the molecule is COc1ccc(N[C@@H](C2CCCCC2)[C@@H](Cc2ccccc2)[N+](=O)[O-])cc1. The van der Waals surface area contributed by atoms with Gasteiger partial charge in [-0.25, -0.2) is 0 Å². The highest BCUT2D eigenvalue weighted by Gasteiger charge is 2.38. The van der Waals surface area contributed by atoms with Gasteiger partial charge < -0.3 is 10.1 Å². The number of nitro groups is 1. The predicted molar refractivity (Wildman–Crippen MR) is 108 cm³/mol. The zero-order valence-corrected chi connectivity index (χ0v) is 15.8. The van der Waals surface area contributed by atoms with Crippen LogP contribution >= 0.6 is 0 Å². The first-order valence-electron chi connectivity index (χ1n) is 9.75. The van der Waals surface area contributed by atoms with Gasteiger partial charge in [-0.15, -0.1) is 0 Å². The maximum absolute atomic E-state index is 12.0. The number of ether oxygens (including phenoxy) is 1. The van der Waals surface area contributed by atoms with Gasteiger partial charge in [-0.1, -0.05) is 49.6 Å². The molecule has 2 atom stereocenters. The number of nitrogens with one attached hydrogen (secondary N) is 1. The Bertz CT molecular complexity index is 712. The molecule has 0 aliphatic heterocycles. The first-order chi connectivity index (χ1) is 13.2. The zero-order chi connectivity index (χ0) is 19.1. The van der Waals surface area contributed by atoms with Gasteiger partial charge in [0.15, 0.2) is 0 Å². The van der Waals surface area contributed by atoms with Crippen LogP contribution in [-0.4, -0.2) is 24.1 Å². The molecule has 0 heterocycles. The van der Waals surface area contributed by atoms with Crippen molar-refractivity contribution in [3.63, 3.8) is 0 Å². The first-order valence-corrected chi connectivity index (χ1v) is 9.75. The van der Waals surface area contributed by atoms with Gasteiger partial charge >= 0.3 is 0 Å². The van der Waals surface area contributed by atoms with Crippen LogP contribution in [0.15, 0.2) is 54.6 Å². The lowest BCUT2D eigenvalue weighted by Gasteiger charge is -2.33. The van der Waals surface area contributed by atoms with E-state index in [1.807, 2.05) is 54.6 Å². The third-order valence-corrected chi connectivity index (χ3v) is 5.55. The van der Waals surface area contributed by atoms with Crippen LogP contribution in [0.5, 0.6) is 5.75 Å². The van der Waals surface area contributed by atoms with E-state index < -0.39 is 6.04 Å². The molecule has 27 heavy (non-hydrogen) atoms. The van der Waals surface area contributed by atoms with Gasteiger partial charge in [0.2, 0.25) is 6.04 Å². The predicted octanol–water partition coefficient (Wildman–Crippen LogP) is 4.94. The average Bonchev–Trinajstić information content (AvgIpc) is 2.72. The standard InChI is InChI=1S/C22H28N2O3/c1-27-20-14-12-19(13-15-20)23-22(18-10-6-3-7-11-18)21(24(25)26)16-17-8-4-2-5-9-17/h2,4-5,8-9,12-15,18,21-23H,3,6-7,10-11,16H2,1H3/t21-,22+/m1/s1. The van der Waals surface area contributed by atoms with Gasteiger partial charge in [-0.2, -0.15) is 0 Å². The Kier molecular flexibility index (Phi) is 6.69. The second-order valence-electron chi connectivity index (χ2n) is 7.34.